The lowest BCUT2D eigenvalue weighted by molar-refractivity contribution is 0.595. The van der Waals surface area contributed by atoms with Crippen LogP contribution in [-0.2, 0) is 19.7 Å². The molecule has 2 N–H and O–H groups in total. The zero-order chi connectivity index (χ0) is 17.3. The molecule has 0 fully saturated rings. The predicted molar refractivity (Wildman–Crippen MR) is 89.5 cm³/mol. The first-order chi connectivity index (χ1) is 10.7. The SMILES string of the molecule is NC=C(S(=O)(=O)c1ccc(Cl)cc1)S(=O)(=O)c1ccc(Cl)cc1. The van der Waals surface area contributed by atoms with Gasteiger partial charge in [0.15, 0.2) is 4.24 Å². The zero-order valence-electron chi connectivity index (χ0n) is 11.5. The molecular formula is C14H11Cl2NO4S2. The van der Waals surface area contributed by atoms with Gasteiger partial charge in [-0.25, -0.2) is 16.8 Å². The first kappa shape index (κ1) is 17.8. The van der Waals surface area contributed by atoms with E-state index in [2.05, 4.69) is 0 Å². The lowest BCUT2D eigenvalue weighted by Gasteiger charge is -2.10. The van der Waals surface area contributed by atoms with E-state index in [0.29, 0.717) is 16.2 Å². The van der Waals surface area contributed by atoms with Gasteiger partial charge in [0.25, 0.3) is 0 Å². The molecule has 9 heteroatoms. The molecule has 0 atom stereocenters. The van der Waals surface area contributed by atoms with Crippen LogP contribution in [0.2, 0.25) is 10.0 Å². The van der Waals surface area contributed by atoms with E-state index in [1.54, 1.807) is 0 Å². The van der Waals surface area contributed by atoms with Gasteiger partial charge in [-0.1, -0.05) is 23.2 Å². The van der Waals surface area contributed by atoms with E-state index in [1.165, 1.54) is 48.5 Å². The maximum absolute atomic E-state index is 12.6. The van der Waals surface area contributed by atoms with E-state index in [0.717, 1.165) is 0 Å². The largest absolute Gasteiger partial charge is 0.403 e. The van der Waals surface area contributed by atoms with E-state index in [-0.39, 0.29) is 9.79 Å². The number of hydrogen-bond acceptors (Lipinski definition) is 5. The van der Waals surface area contributed by atoms with Crippen molar-refractivity contribution in [3.63, 3.8) is 0 Å². The van der Waals surface area contributed by atoms with Crippen molar-refractivity contribution in [3.8, 4) is 0 Å². The molecule has 0 aliphatic rings. The highest BCUT2D eigenvalue weighted by Gasteiger charge is 2.33. The Bertz CT molecular complexity index is 871. The van der Waals surface area contributed by atoms with Crippen LogP contribution >= 0.6 is 23.2 Å². The molecule has 0 aliphatic carbocycles. The van der Waals surface area contributed by atoms with Gasteiger partial charge in [0.05, 0.1) is 9.79 Å². The third kappa shape index (κ3) is 3.53. The van der Waals surface area contributed by atoms with Crippen LogP contribution in [0, 0.1) is 0 Å². The molecule has 0 saturated carbocycles. The van der Waals surface area contributed by atoms with Crippen LogP contribution in [0.25, 0.3) is 0 Å². The number of benzene rings is 2. The lowest BCUT2D eigenvalue weighted by Crippen LogP contribution is -2.16. The normalized spacial score (nSPS) is 11.9. The summed E-state index contributed by atoms with van der Waals surface area (Å²) in [6, 6.07) is 10.2. The highest BCUT2D eigenvalue weighted by Crippen LogP contribution is 2.29. The van der Waals surface area contributed by atoms with Crippen LogP contribution < -0.4 is 5.73 Å². The van der Waals surface area contributed by atoms with Crippen molar-refractivity contribution >= 4 is 42.9 Å². The average molecular weight is 392 g/mol. The predicted octanol–water partition coefficient (Wildman–Crippen LogP) is 3.00. The summed E-state index contributed by atoms with van der Waals surface area (Å²) >= 11 is 11.4. The molecule has 0 radical (unpaired) electrons. The van der Waals surface area contributed by atoms with Gasteiger partial charge in [-0.2, -0.15) is 0 Å². The van der Waals surface area contributed by atoms with E-state index in [9.17, 15) is 16.8 Å². The van der Waals surface area contributed by atoms with Gasteiger partial charge in [-0.05, 0) is 48.5 Å². The monoisotopic (exact) mass is 391 g/mol. The summed E-state index contributed by atoms with van der Waals surface area (Å²) in [6.45, 7) is 0. The first-order valence-electron chi connectivity index (χ1n) is 6.13. The number of nitrogens with two attached hydrogens (primary N) is 1. The maximum atomic E-state index is 12.6. The molecular weight excluding hydrogens is 381 g/mol. The maximum Gasteiger partial charge on any atom is 0.219 e. The molecule has 0 spiro atoms. The summed E-state index contributed by atoms with van der Waals surface area (Å²) in [5.74, 6) is 0. The van der Waals surface area contributed by atoms with Crippen LogP contribution in [0.1, 0.15) is 0 Å². The molecule has 0 amide bonds. The highest BCUT2D eigenvalue weighted by atomic mass is 35.5. The Hall–Kier alpha value is -1.54. The van der Waals surface area contributed by atoms with Crippen molar-refractivity contribution in [2.75, 3.05) is 0 Å². The summed E-state index contributed by atoms with van der Waals surface area (Å²) in [7, 11) is -8.65. The molecule has 0 unspecified atom stereocenters. The minimum absolute atomic E-state index is 0.226. The second kappa shape index (κ2) is 6.52. The summed E-state index contributed by atoms with van der Waals surface area (Å²) in [5, 5.41) is 0.644. The molecule has 122 valence electrons. The minimum atomic E-state index is -4.33. The smallest absolute Gasteiger partial charge is 0.219 e. The third-order valence-corrected chi connectivity index (χ3v) is 7.85. The van der Waals surface area contributed by atoms with Crippen LogP contribution in [0.4, 0.5) is 0 Å². The van der Waals surface area contributed by atoms with Crippen LogP contribution in [-0.4, -0.2) is 16.8 Å². The fraction of sp³-hybridized carbons (Fsp3) is 0. The van der Waals surface area contributed by atoms with Gasteiger partial charge in [-0.15, -0.1) is 0 Å². The standard InChI is InChI=1S/C14H11Cl2NO4S2/c15-10-1-5-12(6-2-10)22(18,19)14(9-17)23(20,21)13-7-3-11(16)4-8-13/h1-9H,17H2. The number of rotatable bonds is 4. The molecule has 0 bridgehead atoms. The first-order valence-corrected chi connectivity index (χ1v) is 9.85. The Balaban J connectivity index is 2.59. The summed E-state index contributed by atoms with van der Waals surface area (Å²) in [5.41, 5.74) is 5.31. The Morgan fingerprint density at radius 2 is 1.04 bits per heavy atom. The highest BCUT2D eigenvalue weighted by molar-refractivity contribution is 8.14. The Morgan fingerprint density at radius 3 is 1.30 bits per heavy atom. The van der Waals surface area contributed by atoms with Gasteiger partial charge in [0.1, 0.15) is 0 Å². The molecule has 0 heterocycles. The second-order valence-electron chi connectivity index (χ2n) is 4.40. The van der Waals surface area contributed by atoms with Gasteiger partial charge in [0, 0.05) is 16.2 Å². The van der Waals surface area contributed by atoms with Crippen LogP contribution in [0.15, 0.2) is 68.8 Å². The summed E-state index contributed by atoms with van der Waals surface area (Å²) in [6.07, 6.45) is 0.563. The van der Waals surface area contributed by atoms with Gasteiger partial charge in [-0.3, -0.25) is 0 Å². The van der Waals surface area contributed by atoms with E-state index in [4.69, 9.17) is 28.9 Å². The Labute approximate surface area is 144 Å². The average Bonchev–Trinajstić information content (AvgIpc) is 2.48. The fourth-order valence-corrected chi connectivity index (χ4v) is 5.58. The van der Waals surface area contributed by atoms with E-state index < -0.39 is 23.9 Å². The quantitative estimate of drug-likeness (QED) is 0.863. The molecule has 2 rings (SSSR count). The number of sulfone groups is 2. The molecule has 2 aromatic rings. The Kier molecular flexibility index (Phi) is 5.05. The van der Waals surface area contributed by atoms with Crippen molar-refractivity contribution in [2.24, 2.45) is 5.73 Å². The molecule has 5 nitrogen and oxygen atoms in total. The summed E-state index contributed by atoms with van der Waals surface area (Å²) in [4.78, 5) is -0.452. The molecule has 0 saturated heterocycles. The zero-order valence-corrected chi connectivity index (χ0v) is 14.6. The molecule has 23 heavy (non-hydrogen) atoms. The van der Waals surface area contributed by atoms with Crippen molar-refractivity contribution in [1.29, 1.82) is 0 Å². The van der Waals surface area contributed by atoms with Crippen molar-refractivity contribution in [3.05, 3.63) is 69.0 Å². The minimum Gasteiger partial charge on any atom is -0.403 e. The second-order valence-corrected chi connectivity index (χ2v) is 9.37. The van der Waals surface area contributed by atoms with Gasteiger partial charge < -0.3 is 5.73 Å². The van der Waals surface area contributed by atoms with E-state index in [1.807, 2.05) is 0 Å². The number of hydrogen-bond donors (Lipinski definition) is 1. The Morgan fingerprint density at radius 1 is 0.739 bits per heavy atom. The molecule has 0 aromatic heterocycles. The fourth-order valence-electron chi connectivity index (χ4n) is 1.78. The third-order valence-electron chi connectivity index (χ3n) is 2.91. The van der Waals surface area contributed by atoms with E-state index >= 15 is 0 Å². The number of halogens is 2. The molecule has 2 aromatic carbocycles. The topological polar surface area (TPSA) is 94.3 Å². The van der Waals surface area contributed by atoms with Crippen molar-refractivity contribution in [2.45, 2.75) is 9.79 Å². The molecule has 0 aliphatic heterocycles. The van der Waals surface area contributed by atoms with Crippen LogP contribution in [0.5, 0.6) is 0 Å². The van der Waals surface area contributed by atoms with Gasteiger partial charge >= 0.3 is 0 Å². The summed E-state index contributed by atoms with van der Waals surface area (Å²) < 4.78 is 49.4. The van der Waals surface area contributed by atoms with Crippen molar-refractivity contribution in [1.82, 2.24) is 0 Å². The van der Waals surface area contributed by atoms with Crippen LogP contribution in [0.3, 0.4) is 0 Å². The lowest BCUT2D eigenvalue weighted by atomic mass is 10.4. The van der Waals surface area contributed by atoms with Crippen molar-refractivity contribution < 1.29 is 16.8 Å². The van der Waals surface area contributed by atoms with Gasteiger partial charge in [0.2, 0.25) is 19.7 Å².